The van der Waals surface area contributed by atoms with E-state index < -0.39 is 10.0 Å². The van der Waals surface area contributed by atoms with Crippen molar-refractivity contribution in [1.82, 2.24) is 13.9 Å². The first kappa shape index (κ1) is 21.0. The first-order chi connectivity index (χ1) is 14.3. The fraction of sp³-hybridized carbons (Fsp3) is 0.435. The lowest BCUT2D eigenvalue weighted by molar-refractivity contribution is 0.0382. The molecule has 2 heterocycles. The van der Waals surface area contributed by atoms with E-state index in [1.54, 1.807) is 12.1 Å². The Bertz CT molecular complexity index is 1120. The van der Waals surface area contributed by atoms with Gasteiger partial charge in [0.15, 0.2) is 0 Å². The summed E-state index contributed by atoms with van der Waals surface area (Å²) in [5.41, 5.74) is 2.39. The molecule has 1 aliphatic rings. The Morgan fingerprint density at radius 2 is 1.67 bits per heavy atom. The van der Waals surface area contributed by atoms with Gasteiger partial charge in [-0.2, -0.15) is 0 Å². The maximum absolute atomic E-state index is 13.6. The van der Waals surface area contributed by atoms with E-state index >= 15 is 0 Å². The summed E-state index contributed by atoms with van der Waals surface area (Å²) in [5, 5.41) is 0. The van der Waals surface area contributed by atoms with Gasteiger partial charge < -0.3 is 4.74 Å². The summed E-state index contributed by atoms with van der Waals surface area (Å²) in [6.07, 6.45) is 0.563. The molecule has 0 atom stereocenters. The third-order valence-corrected chi connectivity index (χ3v) is 7.35. The van der Waals surface area contributed by atoms with Gasteiger partial charge in [0.05, 0.1) is 29.1 Å². The van der Waals surface area contributed by atoms with Gasteiger partial charge in [-0.1, -0.05) is 45.0 Å². The standard InChI is InChI=1S/C23H29N3O3S/c1-23(2,3)18-8-10-19(11-9-18)30(27,28)26-21-7-5-4-6-20(21)24-22(26)12-13-25-14-16-29-17-15-25/h4-11H,12-17H2,1-3H3. The van der Waals surface area contributed by atoms with Crippen LogP contribution >= 0.6 is 0 Å². The normalized spacial score (nSPS) is 16.2. The molecular formula is C23H29N3O3S. The number of morpholine rings is 1. The average molecular weight is 428 g/mol. The van der Waals surface area contributed by atoms with Gasteiger partial charge >= 0.3 is 0 Å². The number of fused-ring (bicyclic) bond motifs is 1. The number of hydrogen-bond acceptors (Lipinski definition) is 5. The van der Waals surface area contributed by atoms with Crippen LogP contribution in [0.5, 0.6) is 0 Å². The van der Waals surface area contributed by atoms with Crippen molar-refractivity contribution in [3.8, 4) is 0 Å². The summed E-state index contributed by atoms with van der Waals surface area (Å²) in [6.45, 7) is 10.3. The third kappa shape index (κ3) is 4.15. The molecule has 0 bridgehead atoms. The van der Waals surface area contributed by atoms with Gasteiger partial charge in [0, 0.05) is 26.1 Å². The summed E-state index contributed by atoms with van der Waals surface area (Å²) in [7, 11) is -3.76. The van der Waals surface area contributed by atoms with Crippen LogP contribution < -0.4 is 0 Å². The van der Waals surface area contributed by atoms with Gasteiger partial charge in [0.2, 0.25) is 0 Å². The summed E-state index contributed by atoms with van der Waals surface area (Å²) >= 11 is 0. The molecule has 1 aliphatic heterocycles. The van der Waals surface area contributed by atoms with E-state index in [4.69, 9.17) is 4.74 Å². The molecule has 0 N–H and O–H groups in total. The first-order valence-corrected chi connectivity index (χ1v) is 11.8. The topological polar surface area (TPSA) is 64.4 Å². The van der Waals surface area contributed by atoms with Crippen molar-refractivity contribution in [3.63, 3.8) is 0 Å². The molecule has 160 valence electrons. The van der Waals surface area contributed by atoms with Crippen LogP contribution in [0.4, 0.5) is 0 Å². The lowest BCUT2D eigenvalue weighted by atomic mass is 9.87. The monoisotopic (exact) mass is 427 g/mol. The summed E-state index contributed by atoms with van der Waals surface area (Å²) in [5.74, 6) is 0.572. The molecule has 1 aromatic heterocycles. The molecule has 6 nitrogen and oxygen atoms in total. The number of nitrogens with zero attached hydrogens (tertiary/aromatic N) is 3. The number of aromatic nitrogens is 2. The van der Waals surface area contributed by atoms with Crippen LogP contribution in [-0.4, -0.2) is 55.1 Å². The predicted octanol–water partition coefficient (Wildman–Crippen LogP) is 3.45. The van der Waals surface area contributed by atoms with Gasteiger partial charge in [-0.25, -0.2) is 17.4 Å². The van der Waals surface area contributed by atoms with E-state index in [0.717, 1.165) is 38.4 Å². The second-order valence-electron chi connectivity index (χ2n) is 8.76. The molecule has 0 saturated carbocycles. The Balaban J connectivity index is 1.72. The van der Waals surface area contributed by atoms with Gasteiger partial charge in [-0.05, 0) is 35.2 Å². The molecule has 0 unspecified atom stereocenters. The lowest BCUT2D eigenvalue weighted by Gasteiger charge is -2.26. The van der Waals surface area contributed by atoms with Crippen molar-refractivity contribution in [3.05, 3.63) is 59.9 Å². The zero-order valence-electron chi connectivity index (χ0n) is 17.8. The maximum atomic E-state index is 13.6. The highest BCUT2D eigenvalue weighted by Gasteiger charge is 2.25. The zero-order chi connectivity index (χ0) is 21.4. The second-order valence-corrected chi connectivity index (χ2v) is 10.6. The minimum absolute atomic E-state index is 0.0344. The summed E-state index contributed by atoms with van der Waals surface area (Å²) in [4.78, 5) is 7.24. The fourth-order valence-electron chi connectivity index (χ4n) is 3.79. The van der Waals surface area contributed by atoms with E-state index in [9.17, 15) is 8.42 Å². The van der Waals surface area contributed by atoms with Gasteiger partial charge in [-0.3, -0.25) is 4.90 Å². The summed E-state index contributed by atoms with van der Waals surface area (Å²) < 4.78 is 34.1. The van der Waals surface area contributed by atoms with Crippen LogP contribution in [0.15, 0.2) is 53.4 Å². The van der Waals surface area contributed by atoms with Crippen molar-refractivity contribution >= 4 is 21.1 Å². The summed E-state index contributed by atoms with van der Waals surface area (Å²) in [6, 6.07) is 14.6. The Kier molecular flexibility index (Phi) is 5.70. The van der Waals surface area contributed by atoms with Crippen LogP contribution in [0.1, 0.15) is 32.2 Å². The Morgan fingerprint density at radius 3 is 2.33 bits per heavy atom. The van der Waals surface area contributed by atoms with Crippen molar-refractivity contribution in [1.29, 1.82) is 0 Å². The molecule has 2 aromatic carbocycles. The second kappa shape index (κ2) is 8.13. The molecule has 0 aliphatic carbocycles. The van der Waals surface area contributed by atoms with Gasteiger partial charge in [0.1, 0.15) is 5.82 Å². The highest BCUT2D eigenvalue weighted by molar-refractivity contribution is 7.90. The Hall–Kier alpha value is -2.22. The minimum Gasteiger partial charge on any atom is -0.379 e. The SMILES string of the molecule is CC(C)(C)c1ccc(S(=O)(=O)n2c(CCN3CCOCC3)nc3ccccc32)cc1. The van der Waals surface area contributed by atoms with E-state index in [-0.39, 0.29) is 10.3 Å². The quantitative estimate of drug-likeness (QED) is 0.624. The molecular weight excluding hydrogens is 398 g/mol. The third-order valence-electron chi connectivity index (χ3n) is 5.60. The Labute approximate surface area is 178 Å². The number of imidazole rings is 1. The van der Waals surface area contributed by atoms with Crippen molar-refractivity contribution < 1.29 is 13.2 Å². The van der Waals surface area contributed by atoms with Gasteiger partial charge in [-0.15, -0.1) is 0 Å². The molecule has 4 rings (SSSR count). The molecule has 7 heteroatoms. The molecule has 1 saturated heterocycles. The molecule has 3 aromatic rings. The average Bonchev–Trinajstić information content (AvgIpc) is 3.12. The van der Waals surface area contributed by atoms with Crippen LogP contribution in [-0.2, 0) is 26.6 Å². The van der Waals surface area contributed by atoms with Crippen molar-refractivity contribution in [2.45, 2.75) is 37.5 Å². The van der Waals surface area contributed by atoms with E-state index in [1.165, 1.54) is 3.97 Å². The lowest BCUT2D eigenvalue weighted by Crippen LogP contribution is -2.37. The number of hydrogen-bond donors (Lipinski definition) is 0. The zero-order valence-corrected chi connectivity index (χ0v) is 18.7. The number of ether oxygens (including phenoxy) is 1. The largest absolute Gasteiger partial charge is 0.379 e. The smallest absolute Gasteiger partial charge is 0.269 e. The molecule has 1 fully saturated rings. The van der Waals surface area contributed by atoms with Crippen LogP contribution in [0.3, 0.4) is 0 Å². The number of para-hydroxylation sites is 2. The van der Waals surface area contributed by atoms with Crippen LogP contribution in [0.2, 0.25) is 0 Å². The molecule has 30 heavy (non-hydrogen) atoms. The van der Waals surface area contributed by atoms with Crippen LogP contribution in [0.25, 0.3) is 11.0 Å². The van der Waals surface area contributed by atoms with Crippen LogP contribution in [0, 0.1) is 0 Å². The molecule has 0 spiro atoms. The van der Waals surface area contributed by atoms with Crippen molar-refractivity contribution in [2.75, 3.05) is 32.8 Å². The highest BCUT2D eigenvalue weighted by atomic mass is 32.2. The maximum Gasteiger partial charge on any atom is 0.269 e. The Morgan fingerprint density at radius 1 is 1.00 bits per heavy atom. The van der Waals surface area contributed by atoms with Crippen molar-refractivity contribution in [2.24, 2.45) is 0 Å². The van der Waals surface area contributed by atoms with Gasteiger partial charge in [0.25, 0.3) is 10.0 Å². The first-order valence-electron chi connectivity index (χ1n) is 10.4. The molecule has 0 radical (unpaired) electrons. The fourth-order valence-corrected chi connectivity index (χ4v) is 5.31. The molecule has 0 amide bonds. The van der Waals surface area contributed by atoms with E-state index in [0.29, 0.717) is 23.3 Å². The number of benzene rings is 2. The van der Waals surface area contributed by atoms with E-state index in [2.05, 4.69) is 30.7 Å². The highest BCUT2D eigenvalue weighted by Crippen LogP contribution is 2.27. The predicted molar refractivity (Wildman–Crippen MR) is 118 cm³/mol. The minimum atomic E-state index is -3.76. The van der Waals surface area contributed by atoms with E-state index in [1.807, 2.05) is 36.4 Å². The number of rotatable bonds is 5.